The lowest BCUT2D eigenvalue weighted by Gasteiger charge is -2.14. The Morgan fingerprint density at radius 3 is 2.60 bits per heavy atom. The van der Waals surface area contributed by atoms with Crippen LogP contribution in [0.1, 0.15) is 10.4 Å². The van der Waals surface area contributed by atoms with E-state index in [-0.39, 0.29) is 5.91 Å². The summed E-state index contributed by atoms with van der Waals surface area (Å²) < 4.78 is 0.585. The maximum absolute atomic E-state index is 12.5. The topological polar surface area (TPSA) is 20.3 Å². The first kappa shape index (κ1) is 13.5. The Balaban J connectivity index is 1.93. The molecule has 0 spiro atoms. The summed E-state index contributed by atoms with van der Waals surface area (Å²) in [6.45, 7) is 2.02. The van der Waals surface area contributed by atoms with Crippen LogP contribution in [-0.2, 0) is 4.79 Å². The van der Waals surface area contributed by atoms with Gasteiger partial charge >= 0.3 is 0 Å². The maximum Gasteiger partial charge on any atom is 0.270 e. The fraction of sp³-hybridized carbons (Fsp3) is 0.0667. The number of hydrogen-bond acceptors (Lipinski definition) is 4. The summed E-state index contributed by atoms with van der Waals surface area (Å²) in [5.74, 6) is -0.0442. The highest BCUT2D eigenvalue weighted by Gasteiger charge is 2.33. The lowest BCUT2D eigenvalue weighted by molar-refractivity contribution is -0.113. The first-order chi connectivity index (χ1) is 9.65. The molecule has 0 saturated carbocycles. The SMILES string of the molecule is Cc1ccc(N2C(=O)/C(=C\c3cccs3)SC2=S)cc1. The van der Waals surface area contributed by atoms with Crippen molar-refractivity contribution in [2.75, 3.05) is 4.90 Å². The first-order valence-corrected chi connectivity index (χ1v) is 8.14. The Kier molecular flexibility index (Phi) is 3.74. The largest absolute Gasteiger partial charge is 0.270 e. The Hall–Kier alpha value is -1.43. The van der Waals surface area contributed by atoms with Crippen molar-refractivity contribution in [3.63, 3.8) is 0 Å². The molecule has 0 bridgehead atoms. The summed E-state index contributed by atoms with van der Waals surface area (Å²) in [4.78, 5) is 15.8. The molecule has 0 atom stereocenters. The number of anilines is 1. The van der Waals surface area contributed by atoms with Crippen LogP contribution in [-0.4, -0.2) is 10.2 Å². The van der Waals surface area contributed by atoms with E-state index in [0.29, 0.717) is 9.23 Å². The average Bonchev–Trinajstić information content (AvgIpc) is 3.02. The van der Waals surface area contributed by atoms with Gasteiger partial charge in [-0.25, -0.2) is 0 Å². The smallest absolute Gasteiger partial charge is 0.268 e. The first-order valence-electron chi connectivity index (χ1n) is 6.03. The molecule has 1 fully saturated rings. The number of carbonyl (C=O) groups is 1. The van der Waals surface area contributed by atoms with Gasteiger partial charge in [0.2, 0.25) is 0 Å². The molecule has 1 aromatic heterocycles. The molecule has 0 N–H and O–H groups in total. The zero-order valence-corrected chi connectivity index (χ0v) is 13.1. The third-order valence-electron chi connectivity index (χ3n) is 2.90. The fourth-order valence-electron chi connectivity index (χ4n) is 1.89. The monoisotopic (exact) mass is 317 g/mol. The number of thiophene rings is 1. The molecule has 1 aromatic carbocycles. The highest BCUT2D eigenvalue weighted by molar-refractivity contribution is 8.27. The molecule has 0 aliphatic carbocycles. The van der Waals surface area contributed by atoms with E-state index >= 15 is 0 Å². The van der Waals surface area contributed by atoms with E-state index in [9.17, 15) is 4.79 Å². The average molecular weight is 317 g/mol. The maximum atomic E-state index is 12.5. The summed E-state index contributed by atoms with van der Waals surface area (Å²) in [6, 6.07) is 11.8. The van der Waals surface area contributed by atoms with Gasteiger partial charge in [-0.05, 0) is 36.6 Å². The van der Waals surface area contributed by atoms with Crippen LogP contribution in [0.15, 0.2) is 46.7 Å². The molecule has 2 nitrogen and oxygen atoms in total. The van der Waals surface area contributed by atoms with Crippen LogP contribution in [0.2, 0.25) is 0 Å². The van der Waals surface area contributed by atoms with E-state index in [1.54, 1.807) is 16.2 Å². The molecule has 1 aliphatic heterocycles. The molecule has 2 aromatic rings. The predicted octanol–water partition coefficient (Wildman–Crippen LogP) is 4.46. The molecular weight excluding hydrogens is 306 g/mol. The van der Waals surface area contributed by atoms with Gasteiger partial charge < -0.3 is 0 Å². The minimum atomic E-state index is -0.0442. The van der Waals surface area contributed by atoms with Crippen molar-refractivity contribution in [3.05, 3.63) is 57.1 Å². The number of thioether (sulfide) groups is 1. The second-order valence-electron chi connectivity index (χ2n) is 4.37. The second-order valence-corrected chi connectivity index (χ2v) is 7.02. The molecule has 1 amide bonds. The van der Waals surface area contributed by atoms with Crippen LogP contribution in [0.3, 0.4) is 0 Å². The highest BCUT2D eigenvalue weighted by atomic mass is 32.2. The number of hydrogen-bond donors (Lipinski definition) is 0. The van der Waals surface area contributed by atoms with E-state index in [1.807, 2.05) is 54.8 Å². The molecule has 0 unspecified atom stereocenters. The van der Waals surface area contributed by atoms with E-state index in [4.69, 9.17) is 12.2 Å². The summed E-state index contributed by atoms with van der Waals surface area (Å²) in [7, 11) is 0. The highest BCUT2D eigenvalue weighted by Crippen LogP contribution is 2.36. The number of carbonyl (C=O) groups excluding carboxylic acids is 1. The van der Waals surface area contributed by atoms with Gasteiger partial charge in [-0.2, -0.15) is 0 Å². The third kappa shape index (κ3) is 2.57. The van der Waals surface area contributed by atoms with Gasteiger partial charge in [-0.15, -0.1) is 11.3 Å². The predicted molar refractivity (Wildman–Crippen MR) is 91.2 cm³/mol. The Morgan fingerprint density at radius 1 is 1.20 bits per heavy atom. The van der Waals surface area contributed by atoms with Gasteiger partial charge in [-0.3, -0.25) is 9.69 Å². The van der Waals surface area contributed by atoms with Crippen LogP contribution in [0.25, 0.3) is 6.08 Å². The molecule has 20 heavy (non-hydrogen) atoms. The van der Waals surface area contributed by atoms with Gasteiger partial charge in [0.05, 0.1) is 10.6 Å². The number of nitrogens with zero attached hydrogens (tertiary/aromatic N) is 1. The summed E-state index contributed by atoms with van der Waals surface area (Å²) >= 11 is 8.30. The van der Waals surface area contributed by atoms with Crippen LogP contribution < -0.4 is 4.90 Å². The zero-order chi connectivity index (χ0) is 14.1. The van der Waals surface area contributed by atoms with Crippen molar-refractivity contribution in [1.29, 1.82) is 0 Å². The van der Waals surface area contributed by atoms with Gasteiger partial charge in [0.15, 0.2) is 4.32 Å². The normalized spacial score (nSPS) is 17.2. The lowest BCUT2D eigenvalue weighted by atomic mass is 10.2. The lowest BCUT2D eigenvalue weighted by Crippen LogP contribution is -2.27. The van der Waals surface area contributed by atoms with Crippen molar-refractivity contribution < 1.29 is 4.79 Å². The quantitative estimate of drug-likeness (QED) is 0.602. The zero-order valence-electron chi connectivity index (χ0n) is 10.7. The summed E-state index contributed by atoms with van der Waals surface area (Å²) in [6.07, 6.45) is 1.90. The van der Waals surface area contributed by atoms with E-state index < -0.39 is 0 Å². The molecular formula is C15H11NOS3. The van der Waals surface area contributed by atoms with E-state index in [0.717, 1.165) is 16.1 Å². The van der Waals surface area contributed by atoms with Crippen LogP contribution in [0.5, 0.6) is 0 Å². The standard InChI is InChI=1S/C15H11NOS3/c1-10-4-6-11(7-5-10)16-14(17)13(20-15(16)18)9-12-3-2-8-19-12/h2-9H,1H3/b13-9+. The van der Waals surface area contributed by atoms with Crippen LogP contribution >= 0.6 is 35.3 Å². The Bertz CT molecular complexity index is 686. The van der Waals surface area contributed by atoms with Crippen LogP contribution in [0, 0.1) is 6.92 Å². The number of aryl methyl sites for hydroxylation is 1. The molecule has 1 saturated heterocycles. The molecule has 0 radical (unpaired) electrons. The molecule has 5 heteroatoms. The molecule has 1 aliphatic rings. The van der Waals surface area contributed by atoms with Crippen molar-refractivity contribution in [2.24, 2.45) is 0 Å². The minimum Gasteiger partial charge on any atom is -0.268 e. The van der Waals surface area contributed by atoms with Crippen molar-refractivity contribution in [3.8, 4) is 0 Å². The molecule has 100 valence electrons. The van der Waals surface area contributed by atoms with Crippen LogP contribution in [0.4, 0.5) is 5.69 Å². The van der Waals surface area contributed by atoms with Gasteiger partial charge in [0.25, 0.3) is 5.91 Å². The molecule has 2 heterocycles. The second kappa shape index (κ2) is 5.52. The fourth-order valence-corrected chi connectivity index (χ4v) is 3.91. The number of rotatable bonds is 2. The Labute approximate surface area is 131 Å². The van der Waals surface area contributed by atoms with Gasteiger partial charge in [-0.1, -0.05) is 47.7 Å². The third-order valence-corrected chi connectivity index (χ3v) is 5.02. The molecule has 3 rings (SSSR count). The number of benzene rings is 1. The van der Waals surface area contributed by atoms with Crippen molar-refractivity contribution in [1.82, 2.24) is 0 Å². The number of amides is 1. The summed E-state index contributed by atoms with van der Waals surface area (Å²) in [5, 5.41) is 1.99. The number of thiocarbonyl (C=S) groups is 1. The van der Waals surface area contributed by atoms with E-state index in [2.05, 4.69) is 0 Å². The van der Waals surface area contributed by atoms with Gasteiger partial charge in [0, 0.05) is 4.88 Å². The van der Waals surface area contributed by atoms with Crippen molar-refractivity contribution in [2.45, 2.75) is 6.92 Å². The van der Waals surface area contributed by atoms with E-state index in [1.165, 1.54) is 11.8 Å². The Morgan fingerprint density at radius 2 is 1.95 bits per heavy atom. The minimum absolute atomic E-state index is 0.0442. The van der Waals surface area contributed by atoms with Gasteiger partial charge in [0.1, 0.15) is 0 Å². The van der Waals surface area contributed by atoms with Crippen molar-refractivity contribution >= 4 is 57.3 Å². The summed E-state index contributed by atoms with van der Waals surface area (Å²) in [5.41, 5.74) is 1.99.